The fraction of sp³-hybridized carbons (Fsp3) is 0. The lowest BCUT2D eigenvalue weighted by molar-refractivity contribution is 0.0690. The molecule has 0 saturated carbocycles. The third-order valence-corrected chi connectivity index (χ3v) is 3.31. The van der Waals surface area contributed by atoms with Crippen LogP contribution < -0.4 is 0 Å². The van der Waals surface area contributed by atoms with Gasteiger partial charge in [-0.05, 0) is 40.2 Å². The average molecular weight is 319 g/mol. The molecule has 7 heteroatoms. The largest absolute Gasteiger partial charge is 0.476 e. The number of aromatic carboxylic acids is 1. The zero-order chi connectivity index (χ0) is 13.4. The van der Waals surface area contributed by atoms with Crippen molar-refractivity contribution in [1.82, 2.24) is 19.6 Å². The molecule has 0 aliphatic carbocycles. The molecule has 3 aromatic rings. The SMILES string of the molecule is O=C(O)c1nc2ccc(-c3ccncc3)nn2c1Br. The third kappa shape index (κ3) is 1.97. The maximum Gasteiger partial charge on any atom is 0.357 e. The Hall–Kier alpha value is -2.28. The van der Waals surface area contributed by atoms with Gasteiger partial charge in [-0.2, -0.15) is 5.10 Å². The van der Waals surface area contributed by atoms with E-state index in [0.29, 0.717) is 15.9 Å². The molecule has 0 saturated heterocycles. The van der Waals surface area contributed by atoms with E-state index in [9.17, 15) is 4.79 Å². The van der Waals surface area contributed by atoms with Crippen molar-refractivity contribution in [2.45, 2.75) is 0 Å². The van der Waals surface area contributed by atoms with Gasteiger partial charge in [-0.1, -0.05) is 0 Å². The second kappa shape index (κ2) is 4.43. The summed E-state index contributed by atoms with van der Waals surface area (Å²) in [7, 11) is 0. The average Bonchev–Trinajstić information content (AvgIpc) is 2.77. The Balaban J connectivity index is 2.21. The summed E-state index contributed by atoms with van der Waals surface area (Å²) in [4.78, 5) is 18.9. The number of carbonyl (C=O) groups is 1. The van der Waals surface area contributed by atoms with Gasteiger partial charge < -0.3 is 5.11 Å². The highest BCUT2D eigenvalue weighted by molar-refractivity contribution is 9.10. The Morgan fingerprint density at radius 2 is 1.95 bits per heavy atom. The van der Waals surface area contributed by atoms with Crippen LogP contribution in [0.2, 0.25) is 0 Å². The summed E-state index contributed by atoms with van der Waals surface area (Å²) in [5.41, 5.74) is 2.03. The number of carboxylic acids is 1. The van der Waals surface area contributed by atoms with Crippen molar-refractivity contribution < 1.29 is 9.90 Å². The summed E-state index contributed by atoms with van der Waals surface area (Å²) in [5.74, 6) is -1.09. The first-order chi connectivity index (χ1) is 9.16. The van der Waals surface area contributed by atoms with Gasteiger partial charge in [0.15, 0.2) is 11.3 Å². The summed E-state index contributed by atoms with van der Waals surface area (Å²) in [6.07, 6.45) is 3.35. The van der Waals surface area contributed by atoms with Crippen LogP contribution in [0.1, 0.15) is 10.5 Å². The smallest absolute Gasteiger partial charge is 0.357 e. The molecule has 0 atom stereocenters. The van der Waals surface area contributed by atoms with E-state index in [1.807, 2.05) is 12.1 Å². The van der Waals surface area contributed by atoms with Crippen molar-refractivity contribution in [3.8, 4) is 11.3 Å². The number of rotatable bonds is 2. The van der Waals surface area contributed by atoms with E-state index < -0.39 is 5.97 Å². The van der Waals surface area contributed by atoms with E-state index in [1.165, 1.54) is 4.52 Å². The Morgan fingerprint density at radius 1 is 1.21 bits per heavy atom. The maximum atomic E-state index is 11.0. The predicted octanol–water partition coefficient (Wildman–Crippen LogP) is 2.25. The van der Waals surface area contributed by atoms with Gasteiger partial charge in [0.05, 0.1) is 5.69 Å². The molecule has 0 aromatic carbocycles. The van der Waals surface area contributed by atoms with Gasteiger partial charge in [0.1, 0.15) is 4.60 Å². The van der Waals surface area contributed by atoms with Crippen molar-refractivity contribution in [2.24, 2.45) is 0 Å². The lowest BCUT2D eigenvalue weighted by Gasteiger charge is -2.01. The van der Waals surface area contributed by atoms with Crippen molar-refractivity contribution in [1.29, 1.82) is 0 Å². The number of hydrogen-bond acceptors (Lipinski definition) is 4. The Kier molecular flexibility index (Phi) is 2.75. The molecule has 0 unspecified atom stereocenters. The molecule has 0 radical (unpaired) electrons. The molecule has 0 aliphatic rings. The quantitative estimate of drug-likeness (QED) is 0.783. The fourth-order valence-electron chi connectivity index (χ4n) is 1.72. The molecule has 1 N–H and O–H groups in total. The minimum Gasteiger partial charge on any atom is -0.476 e. The first-order valence-electron chi connectivity index (χ1n) is 5.36. The highest BCUT2D eigenvalue weighted by Crippen LogP contribution is 2.21. The van der Waals surface area contributed by atoms with E-state index in [1.54, 1.807) is 24.5 Å². The molecule has 94 valence electrons. The van der Waals surface area contributed by atoms with E-state index >= 15 is 0 Å². The summed E-state index contributed by atoms with van der Waals surface area (Å²) in [6, 6.07) is 7.17. The monoisotopic (exact) mass is 318 g/mol. The van der Waals surface area contributed by atoms with Crippen LogP contribution in [0.4, 0.5) is 0 Å². The molecule has 3 aromatic heterocycles. The zero-order valence-corrected chi connectivity index (χ0v) is 11.1. The van der Waals surface area contributed by atoms with Gasteiger partial charge in [0, 0.05) is 18.0 Å². The first-order valence-corrected chi connectivity index (χ1v) is 6.15. The topological polar surface area (TPSA) is 80.4 Å². The molecule has 3 heterocycles. The van der Waals surface area contributed by atoms with Gasteiger partial charge in [-0.25, -0.2) is 14.3 Å². The minimum absolute atomic E-state index is 0.0561. The highest BCUT2D eigenvalue weighted by atomic mass is 79.9. The zero-order valence-electron chi connectivity index (χ0n) is 9.49. The van der Waals surface area contributed by atoms with Crippen LogP contribution in [0.25, 0.3) is 16.9 Å². The molecular weight excluding hydrogens is 312 g/mol. The van der Waals surface area contributed by atoms with Gasteiger partial charge in [0.25, 0.3) is 0 Å². The van der Waals surface area contributed by atoms with Crippen molar-refractivity contribution in [3.63, 3.8) is 0 Å². The number of aromatic nitrogens is 4. The second-order valence-electron chi connectivity index (χ2n) is 3.78. The van der Waals surface area contributed by atoms with Gasteiger partial charge >= 0.3 is 5.97 Å². The van der Waals surface area contributed by atoms with Crippen molar-refractivity contribution in [3.05, 3.63) is 47.0 Å². The van der Waals surface area contributed by atoms with Crippen molar-refractivity contribution >= 4 is 27.5 Å². The molecule has 6 nitrogen and oxygen atoms in total. The maximum absolute atomic E-state index is 11.0. The Morgan fingerprint density at radius 3 is 2.63 bits per heavy atom. The Labute approximate surface area is 115 Å². The second-order valence-corrected chi connectivity index (χ2v) is 4.53. The highest BCUT2D eigenvalue weighted by Gasteiger charge is 2.17. The van der Waals surface area contributed by atoms with Crippen LogP contribution in [0.15, 0.2) is 41.3 Å². The van der Waals surface area contributed by atoms with E-state index in [4.69, 9.17) is 5.11 Å². The molecule has 19 heavy (non-hydrogen) atoms. The van der Waals surface area contributed by atoms with E-state index in [-0.39, 0.29) is 5.69 Å². The molecular formula is C12H7BrN4O2. The number of nitrogens with zero attached hydrogens (tertiary/aromatic N) is 4. The summed E-state index contributed by atoms with van der Waals surface area (Å²) < 4.78 is 1.78. The number of halogens is 1. The molecule has 0 bridgehead atoms. The van der Waals surface area contributed by atoms with Crippen LogP contribution >= 0.6 is 15.9 Å². The third-order valence-electron chi connectivity index (χ3n) is 2.60. The standard InChI is InChI=1S/C12H7BrN4O2/c13-11-10(12(18)19)15-9-2-1-8(16-17(9)11)7-3-5-14-6-4-7/h1-6H,(H,18,19). The molecule has 3 rings (SSSR count). The number of hydrogen-bond donors (Lipinski definition) is 1. The Bertz CT molecular complexity index is 770. The van der Waals surface area contributed by atoms with Crippen LogP contribution in [0.3, 0.4) is 0 Å². The minimum atomic E-state index is -1.09. The number of carboxylic acid groups (broad SMARTS) is 1. The number of imidazole rings is 1. The normalized spacial score (nSPS) is 10.8. The number of pyridine rings is 1. The first kappa shape index (κ1) is 11.8. The van der Waals surface area contributed by atoms with E-state index in [0.717, 1.165) is 5.56 Å². The lowest BCUT2D eigenvalue weighted by Crippen LogP contribution is -1.98. The van der Waals surface area contributed by atoms with Crippen LogP contribution in [0, 0.1) is 0 Å². The van der Waals surface area contributed by atoms with E-state index in [2.05, 4.69) is 31.0 Å². The molecule has 0 spiro atoms. The van der Waals surface area contributed by atoms with Crippen molar-refractivity contribution in [2.75, 3.05) is 0 Å². The summed E-state index contributed by atoms with van der Waals surface area (Å²) in [5, 5.41) is 13.4. The molecule has 0 fully saturated rings. The summed E-state index contributed by atoms with van der Waals surface area (Å²) in [6.45, 7) is 0. The number of fused-ring (bicyclic) bond motifs is 1. The van der Waals surface area contributed by atoms with Crippen LogP contribution in [0.5, 0.6) is 0 Å². The lowest BCUT2D eigenvalue weighted by atomic mass is 10.2. The molecule has 0 aliphatic heterocycles. The van der Waals surface area contributed by atoms with Gasteiger partial charge in [0.2, 0.25) is 0 Å². The van der Waals surface area contributed by atoms with Gasteiger partial charge in [-0.15, -0.1) is 0 Å². The van der Waals surface area contributed by atoms with Gasteiger partial charge in [-0.3, -0.25) is 4.98 Å². The summed E-state index contributed by atoms with van der Waals surface area (Å²) >= 11 is 3.20. The van der Waals surface area contributed by atoms with Crippen LogP contribution in [-0.4, -0.2) is 30.7 Å². The fourth-order valence-corrected chi connectivity index (χ4v) is 2.24. The molecule has 0 amide bonds. The van der Waals surface area contributed by atoms with Crippen LogP contribution in [-0.2, 0) is 0 Å². The predicted molar refractivity (Wildman–Crippen MR) is 70.9 cm³/mol.